The van der Waals surface area contributed by atoms with Gasteiger partial charge < -0.3 is 0 Å². The van der Waals surface area contributed by atoms with Gasteiger partial charge in [0.05, 0.1) is 0 Å². The molecule has 0 atom stereocenters. The normalized spacial score (nSPS) is 11.7. The third-order valence-corrected chi connectivity index (χ3v) is 2.03. The van der Waals surface area contributed by atoms with Gasteiger partial charge in [-0.25, -0.2) is 0 Å². The molecule has 0 saturated carbocycles. The number of hydrogen-bond donors (Lipinski definition) is 0. The van der Waals surface area contributed by atoms with E-state index in [0.29, 0.717) is 0 Å². The molecule has 0 aromatic rings. The van der Waals surface area contributed by atoms with Gasteiger partial charge in [0, 0.05) is 0 Å². The van der Waals surface area contributed by atoms with E-state index < -0.39 is 0 Å². The van der Waals surface area contributed by atoms with Crippen LogP contribution in [0.4, 0.5) is 0 Å². The molecule has 0 bridgehead atoms. The molecule has 0 saturated heterocycles. The van der Waals surface area contributed by atoms with E-state index in [2.05, 4.69) is 26.5 Å². The smallest absolute Gasteiger partial charge is 0.0320 e. The molecule has 0 radical (unpaired) electrons. The van der Waals surface area contributed by atoms with Crippen LogP contribution in [-0.4, -0.2) is 0 Å². The molecule has 12 heavy (non-hydrogen) atoms. The molecule has 70 valence electrons. The Bertz CT molecular complexity index is 131. The Kier molecular flexibility index (Phi) is 8.20. The lowest BCUT2D eigenvalue weighted by Crippen LogP contribution is -1.78. The summed E-state index contributed by atoms with van der Waals surface area (Å²) in [5.41, 5.74) is 1.55. The molecule has 0 fully saturated rings. The van der Waals surface area contributed by atoms with Crippen LogP contribution in [0.2, 0.25) is 0 Å². The largest absolute Gasteiger partial charge is 0.103 e. The van der Waals surface area contributed by atoms with Gasteiger partial charge in [0.1, 0.15) is 0 Å². The first kappa shape index (κ1) is 11.5. The maximum absolute atomic E-state index is 3.71. The molecule has 0 aliphatic carbocycles. The zero-order chi connectivity index (χ0) is 9.23. The van der Waals surface area contributed by atoms with Crippen molar-refractivity contribution in [2.75, 3.05) is 0 Å². The van der Waals surface area contributed by atoms with Crippen LogP contribution >= 0.6 is 0 Å². The van der Waals surface area contributed by atoms with Crippen molar-refractivity contribution in [2.45, 2.75) is 52.4 Å². The average Bonchev–Trinajstić information content (AvgIpc) is 2.06. The van der Waals surface area contributed by atoms with Gasteiger partial charge in [0.25, 0.3) is 0 Å². The highest BCUT2D eigenvalue weighted by atomic mass is 13.9. The fourth-order valence-corrected chi connectivity index (χ4v) is 1.18. The second kappa shape index (κ2) is 8.58. The molecule has 0 unspecified atom stereocenters. The monoisotopic (exact) mass is 166 g/mol. The maximum Gasteiger partial charge on any atom is -0.0320 e. The van der Waals surface area contributed by atoms with Crippen LogP contribution in [0.25, 0.3) is 0 Å². The summed E-state index contributed by atoms with van der Waals surface area (Å²) < 4.78 is 0. The summed E-state index contributed by atoms with van der Waals surface area (Å²) in [5, 5.41) is 0. The highest BCUT2D eigenvalue weighted by Crippen LogP contribution is 2.08. The Balaban J connectivity index is 3.35. The van der Waals surface area contributed by atoms with E-state index in [1.165, 1.54) is 32.1 Å². The van der Waals surface area contributed by atoms with Crippen molar-refractivity contribution in [3.8, 4) is 0 Å². The van der Waals surface area contributed by atoms with E-state index in [0.717, 1.165) is 6.42 Å². The fourth-order valence-electron chi connectivity index (χ4n) is 1.18. The van der Waals surface area contributed by atoms with Crippen molar-refractivity contribution < 1.29 is 0 Å². The van der Waals surface area contributed by atoms with E-state index in [1.54, 1.807) is 5.57 Å². The highest BCUT2D eigenvalue weighted by Gasteiger charge is 1.88. The first-order valence-electron chi connectivity index (χ1n) is 5.07. The van der Waals surface area contributed by atoms with E-state index in [-0.39, 0.29) is 0 Å². The lowest BCUT2D eigenvalue weighted by Gasteiger charge is -1.98. The second-order valence-electron chi connectivity index (χ2n) is 3.37. The van der Waals surface area contributed by atoms with Crippen LogP contribution in [0.15, 0.2) is 24.3 Å². The van der Waals surface area contributed by atoms with E-state index >= 15 is 0 Å². The highest BCUT2D eigenvalue weighted by molar-refractivity contribution is 4.97. The lowest BCUT2D eigenvalue weighted by atomic mass is 10.1. The van der Waals surface area contributed by atoms with Crippen LogP contribution < -0.4 is 0 Å². The molecule has 0 nitrogen and oxygen atoms in total. The number of hydrogen-bond acceptors (Lipinski definition) is 0. The maximum atomic E-state index is 3.71. The summed E-state index contributed by atoms with van der Waals surface area (Å²) in [5.74, 6) is 0. The number of rotatable bonds is 7. The summed E-state index contributed by atoms with van der Waals surface area (Å²) in [7, 11) is 0. The lowest BCUT2D eigenvalue weighted by molar-refractivity contribution is 0.789. The summed E-state index contributed by atoms with van der Waals surface area (Å²) in [4.78, 5) is 0. The second-order valence-corrected chi connectivity index (χ2v) is 3.37. The van der Waals surface area contributed by atoms with Gasteiger partial charge in [-0.15, -0.1) is 6.58 Å². The summed E-state index contributed by atoms with van der Waals surface area (Å²) in [6.07, 6.45) is 11.9. The molecular weight excluding hydrogens is 144 g/mol. The SMILES string of the molecule is C=CCCCC(C)=CCCCC. The van der Waals surface area contributed by atoms with Crippen molar-refractivity contribution >= 4 is 0 Å². The van der Waals surface area contributed by atoms with Crippen LogP contribution in [0.3, 0.4) is 0 Å². The molecule has 0 N–H and O–H groups in total. The first-order chi connectivity index (χ1) is 5.81. The first-order valence-corrected chi connectivity index (χ1v) is 5.07. The molecule has 0 amide bonds. The van der Waals surface area contributed by atoms with E-state index in [4.69, 9.17) is 0 Å². The molecule has 0 aromatic carbocycles. The predicted octanol–water partition coefficient (Wildman–Crippen LogP) is 4.48. The molecule has 0 aromatic heterocycles. The van der Waals surface area contributed by atoms with Gasteiger partial charge in [0.2, 0.25) is 0 Å². The average molecular weight is 166 g/mol. The van der Waals surface area contributed by atoms with Gasteiger partial charge in [-0.05, 0) is 32.6 Å². The quantitative estimate of drug-likeness (QED) is 0.386. The van der Waals surface area contributed by atoms with Gasteiger partial charge in [0.15, 0.2) is 0 Å². The molecule has 0 aliphatic heterocycles. The molecule has 0 rings (SSSR count). The van der Waals surface area contributed by atoms with Crippen molar-refractivity contribution in [3.63, 3.8) is 0 Å². The zero-order valence-corrected chi connectivity index (χ0v) is 8.60. The topological polar surface area (TPSA) is 0 Å². The van der Waals surface area contributed by atoms with Gasteiger partial charge >= 0.3 is 0 Å². The third-order valence-electron chi connectivity index (χ3n) is 2.03. The molecular formula is C12H22. The minimum Gasteiger partial charge on any atom is -0.103 e. The van der Waals surface area contributed by atoms with Gasteiger partial charge in [-0.2, -0.15) is 0 Å². The minimum atomic E-state index is 1.15. The Labute approximate surface area is 77.4 Å². The van der Waals surface area contributed by atoms with Crippen LogP contribution in [0.5, 0.6) is 0 Å². The number of unbranched alkanes of at least 4 members (excludes halogenated alkanes) is 3. The van der Waals surface area contributed by atoms with Crippen LogP contribution in [0, 0.1) is 0 Å². The van der Waals surface area contributed by atoms with Crippen molar-refractivity contribution in [3.05, 3.63) is 24.3 Å². The van der Waals surface area contributed by atoms with E-state index in [1.807, 2.05) is 6.08 Å². The minimum absolute atomic E-state index is 1.15. The summed E-state index contributed by atoms with van der Waals surface area (Å²) in [6, 6.07) is 0. The summed E-state index contributed by atoms with van der Waals surface area (Å²) >= 11 is 0. The predicted molar refractivity (Wildman–Crippen MR) is 57.3 cm³/mol. The van der Waals surface area contributed by atoms with Crippen molar-refractivity contribution in [2.24, 2.45) is 0 Å². The van der Waals surface area contributed by atoms with Crippen LogP contribution in [0.1, 0.15) is 52.4 Å². The Hall–Kier alpha value is -0.520. The van der Waals surface area contributed by atoms with Gasteiger partial charge in [-0.1, -0.05) is 37.5 Å². The molecule has 0 heterocycles. The van der Waals surface area contributed by atoms with Crippen LogP contribution in [-0.2, 0) is 0 Å². The fraction of sp³-hybridized carbons (Fsp3) is 0.667. The standard InChI is InChI=1S/C12H22/c1-4-6-8-10-12(3)11-9-7-5-2/h4,11H,1,5-10H2,2-3H3. The molecule has 0 aliphatic rings. The molecule has 0 heteroatoms. The van der Waals surface area contributed by atoms with Crippen molar-refractivity contribution in [1.82, 2.24) is 0 Å². The Morgan fingerprint density at radius 3 is 2.58 bits per heavy atom. The molecule has 0 spiro atoms. The zero-order valence-electron chi connectivity index (χ0n) is 8.60. The third kappa shape index (κ3) is 7.59. The Morgan fingerprint density at radius 2 is 2.00 bits per heavy atom. The number of allylic oxidation sites excluding steroid dienone is 3. The summed E-state index contributed by atoms with van der Waals surface area (Å²) in [6.45, 7) is 8.19. The van der Waals surface area contributed by atoms with Gasteiger partial charge in [-0.3, -0.25) is 0 Å². The Morgan fingerprint density at radius 1 is 1.25 bits per heavy atom. The van der Waals surface area contributed by atoms with Crippen molar-refractivity contribution in [1.29, 1.82) is 0 Å². The van der Waals surface area contributed by atoms with E-state index in [9.17, 15) is 0 Å².